The number of benzene rings is 3. The molecule has 2 N–H and O–H groups in total. The molecule has 1 heterocycles. The summed E-state index contributed by atoms with van der Waals surface area (Å²) < 4.78 is 23.9. The second-order valence-electron chi connectivity index (χ2n) is 9.12. The van der Waals surface area contributed by atoms with Gasteiger partial charge in [-0.1, -0.05) is 54.6 Å². The first-order valence-corrected chi connectivity index (χ1v) is 12.9. The molecule has 1 aliphatic rings. The summed E-state index contributed by atoms with van der Waals surface area (Å²) >= 11 is 0. The van der Waals surface area contributed by atoms with Crippen molar-refractivity contribution in [3.05, 3.63) is 89.5 Å². The van der Waals surface area contributed by atoms with Crippen molar-refractivity contribution in [3.63, 3.8) is 0 Å². The Morgan fingerprint density at radius 1 is 1.06 bits per heavy atom. The van der Waals surface area contributed by atoms with E-state index in [4.69, 9.17) is 5.14 Å². The maximum absolute atomic E-state index is 13.0. The summed E-state index contributed by atoms with van der Waals surface area (Å²) in [6.45, 7) is 1.98. The number of carbonyl (C=O) groups excluding carboxylic acids is 1. The lowest BCUT2D eigenvalue weighted by Gasteiger charge is -2.21. The highest BCUT2D eigenvalue weighted by Gasteiger charge is 2.39. The first kappa shape index (κ1) is 24.6. The minimum atomic E-state index is -3.83. The molecule has 1 amide bonds. The van der Waals surface area contributed by atoms with Gasteiger partial charge < -0.3 is 4.90 Å². The summed E-state index contributed by atoms with van der Waals surface area (Å²) in [5.74, 6) is -0.117. The molecule has 1 saturated heterocycles. The largest absolute Gasteiger partial charge is 0.349 e. The predicted molar refractivity (Wildman–Crippen MR) is 135 cm³/mol. The van der Waals surface area contributed by atoms with Gasteiger partial charge in [0.05, 0.1) is 22.4 Å². The van der Waals surface area contributed by atoms with Gasteiger partial charge >= 0.3 is 0 Å². The Hall–Kier alpha value is -3.51. The molecule has 7 nitrogen and oxygen atoms in total. The van der Waals surface area contributed by atoms with Crippen LogP contribution in [0, 0.1) is 17.2 Å². The Kier molecular flexibility index (Phi) is 7.03. The number of nitrogens with zero attached hydrogens (tertiary/aromatic N) is 3. The first-order chi connectivity index (χ1) is 16.7. The lowest BCUT2D eigenvalue weighted by Crippen LogP contribution is -2.33. The lowest BCUT2D eigenvalue weighted by atomic mass is 9.87. The van der Waals surface area contributed by atoms with Crippen LogP contribution in [0.2, 0.25) is 0 Å². The van der Waals surface area contributed by atoms with E-state index in [2.05, 4.69) is 11.0 Å². The van der Waals surface area contributed by atoms with E-state index in [9.17, 15) is 18.5 Å². The van der Waals surface area contributed by atoms with E-state index < -0.39 is 10.0 Å². The van der Waals surface area contributed by atoms with Crippen molar-refractivity contribution < 1.29 is 13.2 Å². The maximum atomic E-state index is 13.0. The molecule has 0 bridgehead atoms. The van der Waals surface area contributed by atoms with Crippen molar-refractivity contribution in [1.82, 2.24) is 9.80 Å². The summed E-state index contributed by atoms with van der Waals surface area (Å²) in [7, 11) is -0.294. The van der Waals surface area contributed by atoms with Crippen LogP contribution in [0.5, 0.6) is 0 Å². The van der Waals surface area contributed by atoms with Gasteiger partial charge in [-0.15, -0.1) is 0 Å². The molecule has 2 unspecified atom stereocenters. The minimum Gasteiger partial charge on any atom is -0.349 e. The number of amides is 1. The fourth-order valence-corrected chi connectivity index (χ4v) is 5.53. The highest BCUT2D eigenvalue weighted by atomic mass is 32.2. The van der Waals surface area contributed by atoms with Crippen molar-refractivity contribution in [1.29, 1.82) is 5.26 Å². The molecule has 35 heavy (non-hydrogen) atoms. The van der Waals surface area contributed by atoms with E-state index in [-0.39, 0.29) is 22.6 Å². The summed E-state index contributed by atoms with van der Waals surface area (Å²) in [4.78, 5) is 17.0. The van der Waals surface area contributed by atoms with Gasteiger partial charge in [0.1, 0.15) is 0 Å². The number of hydrogen-bond acceptors (Lipinski definition) is 5. The third kappa shape index (κ3) is 5.43. The Morgan fingerprint density at radius 2 is 1.77 bits per heavy atom. The van der Waals surface area contributed by atoms with Crippen LogP contribution in [0.4, 0.5) is 0 Å². The van der Waals surface area contributed by atoms with Gasteiger partial charge in [-0.2, -0.15) is 5.26 Å². The molecular weight excluding hydrogens is 460 g/mol. The van der Waals surface area contributed by atoms with E-state index in [1.807, 2.05) is 42.5 Å². The Labute approximate surface area is 206 Å². The number of carbonyl (C=O) groups is 1. The standard InChI is InChI=1S/C27H28N4O3S/c1-30(2)27(32)25-18-31(17-24(25)22-7-5-6-20(14-22)15-28)16-19-10-12-21(13-11-19)23-8-3-4-9-26(23)35(29,33)34/h3-14,24-25H,16-18H2,1-2H3,(H2,29,33,34). The van der Waals surface area contributed by atoms with Crippen LogP contribution in [0.15, 0.2) is 77.7 Å². The zero-order chi connectivity index (χ0) is 25.2. The zero-order valence-corrected chi connectivity index (χ0v) is 20.6. The van der Waals surface area contributed by atoms with Crippen LogP contribution in [-0.4, -0.2) is 51.3 Å². The number of primary sulfonamides is 1. The highest BCUT2D eigenvalue weighted by Crippen LogP contribution is 2.35. The number of sulfonamides is 1. The number of rotatable bonds is 6. The van der Waals surface area contributed by atoms with Crippen LogP contribution in [0.1, 0.15) is 22.6 Å². The fraction of sp³-hybridized carbons (Fsp3) is 0.259. The molecule has 0 aromatic heterocycles. The van der Waals surface area contributed by atoms with E-state index >= 15 is 0 Å². The molecule has 0 spiro atoms. The Balaban J connectivity index is 1.56. The van der Waals surface area contributed by atoms with Crippen LogP contribution in [0.25, 0.3) is 11.1 Å². The average molecular weight is 489 g/mol. The van der Waals surface area contributed by atoms with Crippen LogP contribution in [0.3, 0.4) is 0 Å². The third-order valence-electron chi connectivity index (χ3n) is 6.46. The van der Waals surface area contributed by atoms with Crippen molar-refractivity contribution in [2.24, 2.45) is 11.1 Å². The van der Waals surface area contributed by atoms with E-state index in [1.165, 1.54) is 6.07 Å². The minimum absolute atomic E-state index is 0.000823. The number of nitrogens with two attached hydrogens (primary N) is 1. The molecule has 3 aromatic carbocycles. The van der Waals surface area contributed by atoms with Gasteiger partial charge in [0, 0.05) is 45.2 Å². The summed E-state index contributed by atoms with van der Waals surface area (Å²) in [5, 5.41) is 14.7. The summed E-state index contributed by atoms with van der Waals surface area (Å²) in [5.41, 5.74) is 3.99. The summed E-state index contributed by atoms with van der Waals surface area (Å²) in [6.07, 6.45) is 0. The number of hydrogen-bond donors (Lipinski definition) is 1. The molecule has 1 aliphatic heterocycles. The van der Waals surface area contributed by atoms with Gasteiger partial charge in [-0.25, -0.2) is 13.6 Å². The Morgan fingerprint density at radius 3 is 2.43 bits per heavy atom. The molecule has 4 rings (SSSR count). The van der Waals surface area contributed by atoms with Crippen molar-refractivity contribution in [2.75, 3.05) is 27.2 Å². The monoisotopic (exact) mass is 488 g/mol. The SMILES string of the molecule is CN(C)C(=O)C1CN(Cc2ccc(-c3ccccc3S(N)(=O)=O)cc2)CC1c1cccc(C#N)c1. The molecule has 0 radical (unpaired) electrons. The first-order valence-electron chi connectivity index (χ1n) is 11.3. The van der Waals surface area contributed by atoms with Gasteiger partial charge in [0.15, 0.2) is 0 Å². The number of likely N-dealkylation sites (tertiary alicyclic amines) is 1. The van der Waals surface area contributed by atoms with Crippen molar-refractivity contribution in [3.8, 4) is 17.2 Å². The molecule has 3 aromatic rings. The molecule has 2 atom stereocenters. The van der Waals surface area contributed by atoms with E-state index in [1.54, 1.807) is 43.3 Å². The van der Waals surface area contributed by atoms with Gasteiger partial charge in [-0.05, 0) is 34.9 Å². The summed E-state index contributed by atoms with van der Waals surface area (Å²) in [6, 6.07) is 24.1. The second-order valence-corrected chi connectivity index (χ2v) is 10.6. The van der Waals surface area contributed by atoms with Gasteiger partial charge in [0.25, 0.3) is 0 Å². The molecule has 1 fully saturated rings. The number of nitriles is 1. The van der Waals surface area contributed by atoms with Crippen LogP contribution in [-0.2, 0) is 21.4 Å². The fourth-order valence-electron chi connectivity index (χ4n) is 4.77. The predicted octanol–water partition coefficient (Wildman–Crippen LogP) is 3.18. The molecular formula is C27H28N4O3S. The maximum Gasteiger partial charge on any atom is 0.238 e. The highest BCUT2D eigenvalue weighted by molar-refractivity contribution is 7.89. The quantitative estimate of drug-likeness (QED) is 0.573. The average Bonchev–Trinajstić information content (AvgIpc) is 3.27. The molecule has 180 valence electrons. The molecule has 0 saturated carbocycles. The van der Waals surface area contributed by atoms with E-state index in [0.717, 1.165) is 16.7 Å². The lowest BCUT2D eigenvalue weighted by molar-refractivity contribution is -0.132. The van der Waals surface area contributed by atoms with Gasteiger partial charge in [0.2, 0.25) is 15.9 Å². The second kappa shape index (κ2) is 10.0. The van der Waals surface area contributed by atoms with Crippen LogP contribution < -0.4 is 5.14 Å². The Bertz CT molecular complexity index is 1380. The molecule has 0 aliphatic carbocycles. The smallest absolute Gasteiger partial charge is 0.238 e. The zero-order valence-electron chi connectivity index (χ0n) is 19.8. The van der Waals surface area contributed by atoms with Crippen LogP contribution >= 0.6 is 0 Å². The normalized spacial score (nSPS) is 18.2. The topological polar surface area (TPSA) is 108 Å². The van der Waals surface area contributed by atoms with Gasteiger partial charge in [-0.3, -0.25) is 9.69 Å². The van der Waals surface area contributed by atoms with E-state index in [0.29, 0.717) is 30.8 Å². The third-order valence-corrected chi connectivity index (χ3v) is 7.43. The van der Waals surface area contributed by atoms with Crippen molar-refractivity contribution in [2.45, 2.75) is 17.4 Å². The molecule has 8 heteroatoms. The van der Waals surface area contributed by atoms with Crippen molar-refractivity contribution >= 4 is 15.9 Å².